The third-order valence-corrected chi connectivity index (χ3v) is 4.15. The van der Waals surface area contributed by atoms with Crippen molar-refractivity contribution in [3.8, 4) is 11.8 Å². The summed E-state index contributed by atoms with van der Waals surface area (Å²) in [6.45, 7) is 2.48. The third kappa shape index (κ3) is 7.41. The molecule has 0 heterocycles. The number of nitriles is 1. The number of para-hydroxylation sites is 1. The average molecular weight is 420 g/mol. The van der Waals surface area contributed by atoms with Gasteiger partial charge in [0.1, 0.15) is 18.4 Å². The average Bonchev–Trinajstić information content (AvgIpc) is 2.70. The summed E-state index contributed by atoms with van der Waals surface area (Å²) >= 11 is 0. The molecule has 0 aromatic heterocycles. The molecule has 5 nitrogen and oxygen atoms in total. The van der Waals surface area contributed by atoms with Gasteiger partial charge in [-0.15, -0.1) is 0 Å². The van der Waals surface area contributed by atoms with E-state index in [4.69, 9.17) is 4.74 Å². The highest BCUT2D eigenvalue weighted by atomic mass is 19.4. The van der Waals surface area contributed by atoms with Gasteiger partial charge in [0.2, 0.25) is 0 Å². The van der Waals surface area contributed by atoms with E-state index in [0.29, 0.717) is 16.9 Å². The lowest BCUT2D eigenvalue weighted by Crippen LogP contribution is -2.41. The normalized spacial score (nSPS) is 12.3. The summed E-state index contributed by atoms with van der Waals surface area (Å²) in [6.07, 6.45) is -5.14. The highest BCUT2D eigenvalue weighted by Crippen LogP contribution is 2.21. The third-order valence-electron chi connectivity index (χ3n) is 4.15. The van der Waals surface area contributed by atoms with E-state index in [-0.39, 0.29) is 25.0 Å². The van der Waals surface area contributed by atoms with Crippen molar-refractivity contribution in [1.82, 2.24) is 5.32 Å². The smallest absolute Gasteiger partial charge is 0.411 e. The number of benzene rings is 2. The Labute approximate surface area is 173 Å². The molecule has 0 spiro atoms. The van der Waals surface area contributed by atoms with Crippen LogP contribution in [0, 0.1) is 17.2 Å². The molecule has 1 N–H and O–H groups in total. The fourth-order valence-electron chi connectivity index (χ4n) is 2.62. The van der Waals surface area contributed by atoms with Crippen LogP contribution in [0.3, 0.4) is 0 Å². The minimum Gasteiger partial charge on any atom is -0.479 e. The summed E-state index contributed by atoms with van der Waals surface area (Å²) in [4.78, 5) is 12.6. The number of hydrogen-bond donors (Lipinski definition) is 1. The minimum atomic E-state index is -4.35. The van der Waals surface area contributed by atoms with Crippen LogP contribution in [0.2, 0.25) is 0 Å². The van der Waals surface area contributed by atoms with E-state index in [1.165, 1.54) is 0 Å². The molecule has 1 amide bonds. The monoisotopic (exact) mass is 420 g/mol. The van der Waals surface area contributed by atoms with E-state index in [0.717, 1.165) is 5.56 Å². The first-order valence-corrected chi connectivity index (χ1v) is 9.35. The van der Waals surface area contributed by atoms with E-state index in [9.17, 15) is 23.2 Å². The molecular weight excluding hydrogens is 397 g/mol. The number of nitrogens with one attached hydrogen (secondary N) is 1. The second kappa shape index (κ2) is 10.6. The molecule has 30 heavy (non-hydrogen) atoms. The predicted molar refractivity (Wildman–Crippen MR) is 104 cm³/mol. The number of hydrogen-bond acceptors (Lipinski definition) is 4. The van der Waals surface area contributed by atoms with E-state index >= 15 is 0 Å². The van der Waals surface area contributed by atoms with Gasteiger partial charge in [-0.1, -0.05) is 50.2 Å². The second-order valence-electron chi connectivity index (χ2n) is 7.03. The van der Waals surface area contributed by atoms with Crippen LogP contribution in [0.5, 0.6) is 5.75 Å². The first-order valence-electron chi connectivity index (χ1n) is 9.35. The molecule has 0 saturated carbocycles. The Morgan fingerprint density at radius 3 is 2.33 bits per heavy atom. The first kappa shape index (κ1) is 23.2. The molecule has 160 valence electrons. The molecule has 1 atom stereocenters. The van der Waals surface area contributed by atoms with Crippen LogP contribution < -0.4 is 10.1 Å². The zero-order valence-electron chi connectivity index (χ0n) is 16.7. The number of ether oxygens (including phenoxy) is 2. The van der Waals surface area contributed by atoms with Crippen molar-refractivity contribution in [2.75, 3.05) is 6.61 Å². The lowest BCUT2D eigenvalue weighted by atomic mass is 10.1. The summed E-state index contributed by atoms with van der Waals surface area (Å²) in [5.74, 6) is -0.114. The molecule has 2 aromatic carbocycles. The lowest BCUT2D eigenvalue weighted by molar-refractivity contribution is -0.176. The van der Waals surface area contributed by atoms with E-state index in [2.05, 4.69) is 10.1 Å². The van der Waals surface area contributed by atoms with Gasteiger partial charge in [-0.3, -0.25) is 4.79 Å². The maximum absolute atomic E-state index is 12.6. The van der Waals surface area contributed by atoms with Gasteiger partial charge in [0.05, 0.1) is 12.2 Å². The molecule has 0 aliphatic rings. The number of alkyl halides is 3. The van der Waals surface area contributed by atoms with Crippen LogP contribution >= 0.6 is 0 Å². The van der Waals surface area contributed by atoms with Crippen molar-refractivity contribution in [3.63, 3.8) is 0 Å². The highest BCUT2D eigenvalue weighted by molar-refractivity contribution is 5.81. The largest absolute Gasteiger partial charge is 0.479 e. The van der Waals surface area contributed by atoms with E-state index < -0.39 is 18.9 Å². The van der Waals surface area contributed by atoms with Crippen LogP contribution in [0.4, 0.5) is 13.2 Å². The Bertz CT molecular complexity index is 874. The van der Waals surface area contributed by atoms with Gasteiger partial charge in [-0.05, 0) is 29.2 Å². The second-order valence-corrected chi connectivity index (χ2v) is 7.03. The van der Waals surface area contributed by atoms with Crippen LogP contribution in [0.15, 0.2) is 48.5 Å². The van der Waals surface area contributed by atoms with E-state index in [1.54, 1.807) is 48.5 Å². The van der Waals surface area contributed by atoms with Crippen LogP contribution in [-0.2, 0) is 22.7 Å². The Kier molecular flexibility index (Phi) is 8.25. The van der Waals surface area contributed by atoms with Gasteiger partial charge in [-0.2, -0.15) is 18.4 Å². The molecule has 1 unspecified atom stereocenters. The standard InChI is InChI=1S/C22H23F3N2O3/c1-15(2)20(30-19-6-4-3-5-18(19)11-26)21(28)27-12-16-7-9-17(10-8-16)13-29-14-22(23,24)25/h3-10,15,20H,12-14H2,1-2H3,(H,27,28). The molecule has 0 aliphatic heterocycles. The van der Waals surface area contributed by atoms with Crippen molar-refractivity contribution >= 4 is 5.91 Å². The number of amides is 1. The van der Waals surface area contributed by atoms with Gasteiger partial charge in [-0.25, -0.2) is 0 Å². The van der Waals surface area contributed by atoms with Crippen molar-refractivity contribution < 1.29 is 27.4 Å². The quantitative estimate of drug-likeness (QED) is 0.655. The number of carbonyl (C=O) groups is 1. The van der Waals surface area contributed by atoms with Crippen molar-refractivity contribution in [3.05, 3.63) is 65.2 Å². The number of nitrogens with zero attached hydrogens (tertiary/aromatic N) is 1. The van der Waals surface area contributed by atoms with Gasteiger partial charge in [0.25, 0.3) is 5.91 Å². The van der Waals surface area contributed by atoms with Crippen molar-refractivity contribution in [2.24, 2.45) is 5.92 Å². The summed E-state index contributed by atoms with van der Waals surface area (Å²) in [5, 5.41) is 12.0. The molecule has 8 heteroatoms. The molecular formula is C22H23F3N2O3. The SMILES string of the molecule is CC(C)C(Oc1ccccc1C#N)C(=O)NCc1ccc(COCC(F)(F)F)cc1. The first-order chi connectivity index (χ1) is 14.2. The molecule has 2 rings (SSSR count). The summed E-state index contributed by atoms with van der Waals surface area (Å²) in [6, 6.07) is 15.5. The van der Waals surface area contributed by atoms with Gasteiger partial charge in [0.15, 0.2) is 6.10 Å². The number of rotatable bonds is 9. The number of halogens is 3. The highest BCUT2D eigenvalue weighted by Gasteiger charge is 2.27. The number of carbonyl (C=O) groups excluding carboxylic acids is 1. The summed E-state index contributed by atoms with van der Waals surface area (Å²) < 4.78 is 46.7. The molecule has 0 bridgehead atoms. The molecule has 0 saturated heterocycles. The topological polar surface area (TPSA) is 71.3 Å². The fraction of sp³-hybridized carbons (Fsp3) is 0.364. The van der Waals surface area contributed by atoms with Crippen LogP contribution in [0.1, 0.15) is 30.5 Å². The van der Waals surface area contributed by atoms with Gasteiger partial charge >= 0.3 is 6.18 Å². The maximum Gasteiger partial charge on any atom is 0.411 e. The van der Waals surface area contributed by atoms with E-state index in [1.807, 2.05) is 19.9 Å². The predicted octanol–water partition coefficient (Wildman–Crippen LogP) is 4.36. The van der Waals surface area contributed by atoms with Gasteiger partial charge in [0, 0.05) is 6.54 Å². The van der Waals surface area contributed by atoms with Crippen molar-refractivity contribution in [1.29, 1.82) is 5.26 Å². The van der Waals surface area contributed by atoms with Crippen LogP contribution in [-0.4, -0.2) is 24.8 Å². The fourth-order valence-corrected chi connectivity index (χ4v) is 2.62. The Morgan fingerprint density at radius 2 is 1.73 bits per heavy atom. The Morgan fingerprint density at radius 1 is 1.10 bits per heavy atom. The Balaban J connectivity index is 1.91. The lowest BCUT2D eigenvalue weighted by Gasteiger charge is -2.22. The zero-order valence-corrected chi connectivity index (χ0v) is 16.7. The molecule has 2 aromatic rings. The Hall–Kier alpha value is -3.05. The van der Waals surface area contributed by atoms with Crippen LogP contribution in [0.25, 0.3) is 0 Å². The molecule has 0 radical (unpaired) electrons. The van der Waals surface area contributed by atoms with Gasteiger partial charge < -0.3 is 14.8 Å². The molecule has 0 fully saturated rings. The molecule has 0 aliphatic carbocycles. The maximum atomic E-state index is 12.6. The summed E-state index contributed by atoms with van der Waals surface area (Å²) in [7, 11) is 0. The van der Waals surface area contributed by atoms with Crippen molar-refractivity contribution in [2.45, 2.75) is 39.3 Å². The zero-order chi connectivity index (χ0) is 22.1. The minimum absolute atomic E-state index is 0.134. The summed E-state index contributed by atoms with van der Waals surface area (Å²) in [5.41, 5.74) is 1.73.